The summed E-state index contributed by atoms with van der Waals surface area (Å²) in [5, 5.41) is 25.1. The predicted octanol–water partition coefficient (Wildman–Crippen LogP) is 2.00. The molecule has 0 bridgehead atoms. The third-order valence-electron chi connectivity index (χ3n) is 6.24. The van der Waals surface area contributed by atoms with Gasteiger partial charge in [-0.1, -0.05) is 0 Å². The van der Waals surface area contributed by atoms with E-state index in [1.54, 1.807) is 0 Å². The lowest BCUT2D eigenvalue weighted by Crippen LogP contribution is -2.44. The molecule has 1 aromatic heterocycles. The Bertz CT molecular complexity index is 1020. The lowest BCUT2D eigenvalue weighted by Gasteiger charge is -2.35. The summed E-state index contributed by atoms with van der Waals surface area (Å²) in [6.07, 6.45) is -0.694. The quantitative estimate of drug-likeness (QED) is 0.483. The van der Waals surface area contributed by atoms with E-state index in [9.17, 15) is 15.0 Å². The van der Waals surface area contributed by atoms with Gasteiger partial charge < -0.3 is 35.2 Å². The van der Waals surface area contributed by atoms with Gasteiger partial charge in [0.2, 0.25) is 0 Å². The molecule has 34 heavy (non-hydrogen) atoms. The van der Waals surface area contributed by atoms with Gasteiger partial charge in [-0.2, -0.15) is 0 Å². The Hall–Kier alpha value is -2.79. The van der Waals surface area contributed by atoms with Crippen LogP contribution >= 0.6 is 0 Å². The van der Waals surface area contributed by atoms with Crippen molar-refractivity contribution in [2.45, 2.75) is 51.5 Å². The van der Waals surface area contributed by atoms with Crippen molar-refractivity contribution in [3.63, 3.8) is 0 Å². The molecule has 184 valence electrons. The first-order chi connectivity index (χ1) is 16.3. The summed E-state index contributed by atoms with van der Waals surface area (Å²) in [6, 6.07) is 7.23. The van der Waals surface area contributed by atoms with Gasteiger partial charge in [0.25, 0.3) is 0 Å². The van der Waals surface area contributed by atoms with Crippen molar-refractivity contribution in [2.75, 3.05) is 43.1 Å². The molecule has 2 aliphatic heterocycles. The molecule has 0 saturated carbocycles. The van der Waals surface area contributed by atoms with Crippen molar-refractivity contribution in [1.82, 2.24) is 15.3 Å². The van der Waals surface area contributed by atoms with Gasteiger partial charge in [-0.25, -0.2) is 14.8 Å². The number of urea groups is 1. The highest BCUT2D eigenvalue weighted by atomic mass is 16.5. The van der Waals surface area contributed by atoms with Crippen LogP contribution in [-0.2, 0) is 21.7 Å². The Morgan fingerprint density at radius 2 is 2.09 bits per heavy atom. The van der Waals surface area contributed by atoms with Crippen molar-refractivity contribution in [2.24, 2.45) is 0 Å². The van der Waals surface area contributed by atoms with E-state index in [0.717, 1.165) is 22.6 Å². The molecule has 0 radical (unpaired) electrons. The summed E-state index contributed by atoms with van der Waals surface area (Å²) in [4.78, 5) is 23.9. The van der Waals surface area contributed by atoms with Crippen LogP contribution in [-0.4, -0.2) is 71.3 Å². The molecule has 3 heterocycles. The van der Waals surface area contributed by atoms with E-state index < -0.39 is 11.7 Å². The van der Waals surface area contributed by atoms with Crippen molar-refractivity contribution in [1.29, 1.82) is 0 Å². The van der Waals surface area contributed by atoms with Gasteiger partial charge in [0.15, 0.2) is 5.82 Å². The van der Waals surface area contributed by atoms with Crippen molar-refractivity contribution >= 4 is 17.5 Å². The fourth-order valence-electron chi connectivity index (χ4n) is 4.46. The Morgan fingerprint density at radius 3 is 2.76 bits per heavy atom. The Labute approximate surface area is 199 Å². The molecule has 1 fully saturated rings. The van der Waals surface area contributed by atoms with Crippen molar-refractivity contribution < 1.29 is 24.5 Å². The van der Waals surface area contributed by atoms with Gasteiger partial charge in [-0.05, 0) is 45.0 Å². The Kier molecular flexibility index (Phi) is 7.32. The standard InChI is InChI=1S/C24H33N5O5/c1-4-25-23(32)26-17-7-5-16(6-8-17)21-27-20-19(14-34-24(20,3)11-18(31)12-30)22(28-21)29-9-10-33-13-15(29)2/h5-8,15,18,30-31H,4,9-14H2,1-3H3,(H2,25,26,32)/t15-,18?,24?/m0/s1. The molecule has 2 amide bonds. The van der Waals surface area contributed by atoms with Crippen LogP contribution in [0.2, 0.25) is 0 Å². The number of anilines is 2. The molecule has 2 aliphatic rings. The number of nitrogens with zero attached hydrogens (tertiary/aromatic N) is 3. The molecule has 10 heteroatoms. The lowest BCUT2D eigenvalue weighted by molar-refractivity contribution is -0.0661. The number of hydrogen-bond donors (Lipinski definition) is 4. The number of hydrogen-bond acceptors (Lipinski definition) is 8. The lowest BCUT2D eigenvalue weighted by atomic mass is 9.93. The number of ether oxygens (including phenoxy) is 2. The number of aliphatic hydroxyl groups excluding tert-OH is 2. The maximum absolute atomic E-state index is 11.8. The van der Waals surface area contributed by atoms with E-state index in [1.807, 2.05) is 38.1 Å². The maximum Gasteiger partial charge on any atom is 0.319 e. The third-order valence-corrected chi connectivity index (χ3v) is 6.24. The molecule has 4 rings (SSSR count). The molecule has 2 aromatic rings. The van der Waals surface area contributed by atoms with Crippen LogP contribution in [0.4, 0.5) is 16.3 Å². The smallest absolute Gasteiger partial charge is 0.319 e. The summed E-state index contributed by atoms with van der Waals surface area (Å²) < 4.78 is 11.8. The van der Waals surface area contributed by atoms with Crippen LogP contribution in [0.3, 0.4) is 0 Å². The molecule has 2 unspecified atom stereocenters. The Balaban J connectivity index is 1.73. The third kappa shape index (κ3) is 5.00. The molecule has 0 spiro atoms. The highest BCUT2D eigenvalue weighted by Crippen LogP contribution is 2.43. The second-order valence-electron chi connectivity index (χ2n) is 8.94. The highest BCUT2D eigenvalue weighted by Gasteiger charge is 2.42. The van der Waals surface area contributed by atoms with Gasteiger partial charge in [0, 0.05) is 36.3 Å². The van der Waals surface area contributed by atoms with Gasteiger partial charge in [0.05, 0.1) is 44.3 Å². The van der Waals surface area contributed by atoms with Gasteiger partial charge >= 0.3 is 6.03 Å². The molecule has 1 aromatic carbocycles. The topological polar surface area (TPSA) is 129 Å². The largest absolute Gasteiger partial charge is 0.394 e. The average Bonchev–Trinajstić information content (AvgIpc) is 3.15. The summed E-state index contributed by atoms with van der Waals surface area (Å²) in [5.41, 5.74) is 2.24. The minimum atomic E-state index is -0.917. The van der Waals surface area contributed by atoms with Crippen LogP contribution in [0.5, 0.6) is 0 Å². The zero-order valence-corrected chi connectivity index (χ0v) is 19.9. The van der Waals surface area contributed by atoms with E-state index in [-0.39, 0.29) is 25.1 Å². The van der Waals surface area contributed by atoms with E-state index in [0.29, 0.717) is 44.4 Å². The first-order valence-corrected chi connectivity index (χ1v) is 11.7. The van der Waals surface area contributed by atoms with E-state index >= 15 is 0 Å². The molecular formula is C24H33N5O5. The number of rotatable bonds is 7. The van der Waals surface area contributed by atoms with Crippen LogP contribution in [0.1, 0.15) is 38.4 Å². The first-order valence-electron chi connectivity index (χ1n) is 11.7. The van der Waals surface area contributed by atoms with Crippen LogP contribution < -0.4 is 15.5 Å². The summed E-state index contributed by atoms with van der Waals surface area (Å²) in [7, 11) is 0. The second-order valence-corrected chi connectivity index (χ2v) is 8.94. The van der Waals surface area contributed by atoms with Crippen molar-refractivity contribution in [3.8, 4) is 11.4 Å². The van der Waals surface area contributed by atoms with Crippen LogP contribution in [0.15, 0.2) is 24.3 Å². The zero-order valence-electron chi connectivity index (χ0n) is 19.9. The number of carbonyl (C=O) groups excluding carboxylic acids is 1. The second kappa shape index (κ2) is 10.2. The number of aromatic nitrogens is 2. The molecule has 1 saturated heterocycles. The maximum atomic E-state index is 11.8. The molecule has 4 N–H and O–H groups in total. The highest BCUT2D eigenvalue weighted by molar-refractivity contribution is 5.89. The Morgan fingerprint density at radius 1 is 1.32 bits per heavy atom. The van der Waals surface area contributed by atoms with Crippen LogP contribution in [0, 0.1) is 0 Å². The SMILES string of the molecule is CCNC(=O)Nc1ccc(-c2nc(N3CCOC[C@@H]3C)c3c(n2)C(C)(CC(O)CO)OC3)cc1. The van der Waals surface area contributed by atoms with Crippen molar-refractivity contribution in [3.05, 3.63) is 35.5 Å². The van der Waals surface area contributed by atoms with Gasteiger partial charge in [-0.15, -0.1) is 0 Å². The fourth-order valence-corrected chi connectivity index (χ4v) is 4.46. The zero-order chi connectivity index (χ0) is 24.3. The number of amides is 2. The normalized spacial score (nSPS) is 22.9. The van der Waals surface area contributed by atoms with Crippen LogP contribution in [0.25, 0.3) is 11.4 Å². The summed E-state index contributed by atoms with van der Waals surface area (Å²) in [5.74, 6) is 1.34. The van der Waals surface area contributed by atoms with Gasteiger partial charge in [0.1, 0.15) is 11.4 Å². The summed E-state index contributed by atoms with van der Waals surface area (Å²) >= 11 is 0. The minimum Gasteiger partial charge on any atom is -0.394 e. The predicted molar refractivity (Wildman–Crippen MR) is 128 cm³/mol. The fraction of sp³-hybridized carbons (Fsp3) is 0.542. The number of morpholine rings is 1. The van der Waals surface area contributed by atoms with E-state index in [2.05, 4.69) is 22.5 Å². The van der Waals surface area contributed by atoms with Gasteiger partial charge in [-0.3, -0.25) is 0 Å². The number of benzene rings is 1. The summed E-state index contributed by atoms with van der Waals surface area (Å²) in [6.45, 7) is 8.29. The van der Waals surface area contributed by atoms with E-state index in [1.165, 1.54) is 0 Å². The molecular weight excluding hydrogens is 438 g/mol. The van der Waals surface area contributed by atoms with E-state index in [4.69, 9.17) is 19.4 Å². The average molecular weight is 472 g/mol. The molecule has 0 aliphatic carbocycles. The number of carbonyl (C=O) groups is 1. The molecule has 10 nitrogen and oxygen atoms in total. The minimum absolute atomic E-state index is 0.138. The number of nitrogens with one attached hydrogen (secondary N) is 2. The first kappa shape index (κ1) is 24.3. The molecule has 3 atom stereocenters. The monoisotopic (exact) mass is 471 g/mol. The number of fused-ring (bicyclic) bond motifs is 1. The number of aliphatic hydroxyl groups is 2.